The molecular weight excluding hydrogens is 288 g/mol. The summed E-state index contributed by atoms with van der Waals surface area (Å²) in [6.07, 6.45) is 2.03. The monoisotopic (exact) mass is 308 g/mol. The summed E-state index contributed by atoms with van der Waals surface area (Å²) in [5, 5.41) is 0.741. The van der Waals surface area contributed by atoms with E-state index in [1.54, 1.807) is 0 Å². The second kappa shape index (κ2) is 6.86. The van der Waals surface area contributed by atoms with Crippen LogP contribution in [0.4, 0.5) is 0 Å². The molecule has 2 rings (SSSR count). The Labute approximate surface area is 138 Å². The van der Waals surface area contributed by atoms with Gasteiger partial charge in [-0.25, -0.2) is 0 Å². The Hall–Kier alpha value is -1.97. The van der Waals surface area contributed by atoms with Gasteiger partial charge in [-0.3, -0.25) is 0 Å². The Kier molecular flexibility index (Phi) is 5.11. The van der Waals surface area contributed by atoms with Crippen LogP contribution in [-0.2, 0) is 5.41 Å². The van der Waals surface area contributed by atoms with E-state index in [4.69, 9.17) is 11.6 Å². The molecule has 0 heterocycles. The van der Waals surface area contributed by atoms with Gasteiger partial charge in [0, 0.05) is 16.2 Å². The molecule has 0 saturated heterocycles. The molecule has 0 nitrogen and oxygen atoms in total. The summed E-state index contributed by atoms with van der Waals surface area (Å²) >= 11 is 5.93. The van der Waals surface area contributed by atoms with Crippen LogP contribution >= 0.6 is 11.6 Å². The first-order chi connectivity index (χ1) is 10.4. The zero-order valence-corrected chi connectivity index (χ0v) is 14.3. The average molecular weight is 309 g/mol. The molecule has 0 aliphatic rings. The van der Waals surface area contributed by atoms with Crippen LogP contribution in [0.15, 0.2) is 54.6 Å². The SMILES string of the molecule is CC=C(C#Cc1ccc(C(C)(C)C)cc1)c1ccc(Cl)cc1. The van der Waals surface area contributed by atoms with Crippen LogP contribution in [0.2, 0.25) is 5.02 Å². The van der Waals surface area contributed by atoms with E-state index in [1.165, 1.54) is 5.56 Å². The van der Waals surface area contributed by atoms with Crippen LogP contribution in [0.3, 0.4) is 0 Å². The predicted molar refractivity (Wildman–Crippen MR) is 97.1 cm³/mol. The van der Waals surface area contributed by atoms with E-state index < -0.39 is 0 Å². The van der Waals surface area contributed by atoms with Gasteiger partial charge in [0.1, 0.15) is 0 Å². The normalized spacial score (nSPS) is 11.8. The molecule has 0 radical (unpaired) electrons. The number of allylic oxidation sites excluding steroid dienone is 2. The van der Waals surface area contributed by atoms with Crippen LogP contribution in [-0.4, -0.2) is 0 Å². The smallest absolute Gasteiger partial charge is 0.0406 e. The van der Waals surface area contributed by atoms with E-state index in [1.807, 2.05) is 37.3 Å². The quantitative estimate of drug-likeness (QED) is 0.559. The summed E-state index contributed by atoms with van der Waals surface area (Å²) in [5.74, 6) is 6.48. The molecule has 112 valence electrons. The molecule has 0 fully saturated rings. The van der Waals surface area contributed by atoms with E-state index >= 15 is 0 Å². The third-order valence-corrected chi connectivity index (χ3v) is 3.79. The first-order valence-electron chi connectivity index (χ1n) is 7.45. The predicted octanol–water partition coefficient (Wildman–Crippen LogP) is 6.09. The molecule has 1 heteroatoms. The van der Waals surface area contributed by atoms with E-state index in [0.29, 0.717) is 0 Å². The van der Waals surface area contributed by atoms with Gasteiger partial charge in [-0.1, -0.05) is 74.6 Å². The second-order valence-corrected chi connectivity index (χ2v) is 6.72. The molecule has 0 atom stereocenters. The lowest BCUT2D eigenvalue weighted by atomic mass is 9.87. The first kappa shape index (κ1) is 16.4. The highest BCUT2D eigenvalue weighted by Gasteiger charge is 2.12. The number of hydrogen-bond donors (Lipinski definition) is 0. The molecular formula is C21H21Cl. The Morgan fingerprint density at radius 3 is 2.05 bits per heavy atom. The maximum absolute atomic E-state index is 5.93. The van der Waals surface area contributed by atoms with Gasteiger partial charge >= 0.3 is 0 Å². The molecule has 0 amide bonds. The first-order valence-corrected chi connectivity index (χ1v) is 7.83. The van der Waals surface area contributed by atoms with Gasteiger partial charge in [0.15, 0.2) is 0 Å². The lowest BCUT2D eigenvalue weighted by Crippen LogP contribution is -2.10. The van der Waals surface area contributed by atoms with Crippen molar-refractivity contribution in [3.05, 3.63) is 76.3 Å². The van der Waals surface area contributed by atoms with Gasteiger partial charge in [0.2, 0.25) is 0 Å². The topological polar surface area (TPSA) is 0 Å². The number of halogens is 1. The Morgan fingerprint density at radius 2 is 1.55 bits per heavy atom. The molecule has 22 heavy (non-hydrogen) atoms. The zero-order chi connectivity index (χ0) is 16.2. The molecule has 2 aromatic rings. The average Bonchev–Trinajstić information content (AvgIpc) is 2.49. The van der Waals surface area contributed by atoms with Crippen LogP contribution in [0.1, 0.15) is 44.4 Å². The Bertz CT molecular complexity index is 715. The van der Waals surface area contributed by atoms with E-state index in [9.17, 15) is 0 Å². The minimum atomic E-state index is 0.170. The highest BCUT2D eigenvalue weighted by Crippen LogP contribution is 2.22. The number of hydrogen-bond acceptors (Lipinski definition) is 0. The van der Waals surface area contributed by atoms with Crippen molar-refractivity contribution in [2.24, 2.45) is 0 Å². The Balaban J connectivity index is 2.23. The van der Waals surface area contributed by atoms with Gasteiger partial charge in [-0.15, -0.1) is 0 Å². The van der Waals surface area contributed by atoms with Crippen molar-refractivity contribution in [3.8, 4) is 11.8 Å². The third kappa shape index (κ3) is 4.26. The van der Waals surface area contributed by atoms with Crippen molar-refractivity contribution in [1.29, 1.82) is 0 Å². The second-order valence-electron chi connectivity index (χ2n) is 6.29. The molecule has 0 N–H and O–H groups in total. The summed E-state index contributed by atoms with van der Waals surface area (Å²) < 4.78 is 0. The maximum Gasteiger partial charge on any atom is 0.0406 e. The van der Waals surface area contributed by atoms with Crippen molar-refractivity contribution in [2.75, 3.05) is 0 Å². The largest absolute Gasteiger partial charge is 0.0843 e. The highest BCUT2D eigenvalue weighted by atomic mass is 35.5. The summed E-state index contributed by atoms with van der Waals surface area (Å²) in [7, 11) is 0. The minimum Gasteiger partial charge on any atom is -0.0843 e. The van der Waals surface area contributed by atoms with Crippen LogP contribution in [0, 0.1) is 11.8 Å². The molecule has 0 aromatic heterocycles. The van der Waals surface area contributed by atoms with Crippen LogP contribution in [0.25, 0.3) is 5.57 Å². The molecule has 0 aliphatic carbocycles. The zero-order valence-electron chi connectivity index (χ0n) is 13.6. The number of rotatable bonds is 1. The van der Waals surface area contributed by atoms with E-state index in [-0.39, 0.29) is 5.41 Å². The summed E-state index contributed by atoms with van der Waals surface area (Å²) in [6.45, 7) is 8.64. The maximum atomic E-state index is 5.93. The molecule has 2 aromatic carbocycles. The minimum absolute atomic E-state index is 0.170. The molecule has 0 aliphatic heterocycles. The van der Waals surface area contributed by atoms with Crippen LogP contribution < -0.4 is 0 Å². The van der Waals surface area contributed by atoms with Crippen LogP contribution in [0.5, 0.6) is 0 Å². The molecule has 0 unspecified atom stereocenters. The Morgan fingerprint density at radius 1 is 0.955 bits per heavy atom. The standard InChI is InChI=1S/C21H21Cl/c1-5-17(18-10-14-20(22)15-11-18)9-6-16-7-12-19(13-8-16)21(2,3)4/h5,7-8,10-15H,1-4H3. The van der Waals surface area contributed by atoms with Crippen molar-refractivity contribution in [1.82, 2.24) is 0 Å². The van der Waals surface area contributed by atoms with E-state index in [2.05, 4.69) is 56.9 Å². The van der Waals surface area contributed by atoms with Gasteiger partial charge in [-0.2, -0.15) is 0 Å². The number of benzene rings is 2. The van der Waals surface area contributed by atoms with E-state index in [0.717, 1.165) is 21.7 Å². The van der Waals surface area contributed by atoms with Gasteiger partial charge in [0.25, 0.3) is 0 Å². The fourth-order valence-electron chi connectivity index (χ4n) is 2.13. The van der Waals surface area contributed by atoms with Crippen molar-refractivity contribution in [2.45, 2.75) is 33.1 Å². The molecule has 0 saturated carbocycles. The summed E-state index contributed by atoms with van der Waals surface area (Å²) in [6, 6.07) is 16.2. The molecule has 0 bridgehead atoms. The van der Waals surface area contributed by atoms with Gasteiger partial charge < -0.3 is 0 Å². The molecule has 0 spiro atoms. The van der Waals surface area contributed by atoms with Crippen molar-refractivity contribution >= 4 is 17.2 Å². The van der Waals surface area contributed by atoms with Crippen molar-refractivity contribution < 1.29 is 0 Å². The lowest BCUT2D eigenvalue weighted by Gasteiger charge is -2.18. The highest BCUT2D eigenvalue weighted by molar-refractivity contribution is 6.30. The fourth-order valence-corrected chi connectivity index (χ4v) is 2.26. The summed E-state index contributed by atoms with van der Waals surface area (Å²) in [4.78, 5) is 0. The third-order valence-electron chi connectivity index (χ3n) is 3.54. The van der Waals surface area contributed by atoms with Crippen molar-refractivity contribution in [3.63, 3.8) is 0 Å². The lowest BCUT2D eigenvalue weighted by molar-refractivity contribution is 0.590. The fraction of sp³-hybridized carbons (Fsp3) is 0.238. The summed E-state index contributed by atoms with van der Waals surface area (Å²) in [5.41, 5.74) is 4.62. The van der Waals surface area contributed by atoms with Gasteiger partial charge in [-0.05, 0) is 47.7 Å². The van der Waals surface area contributed by atoms with Gasteiger partial charge in [0.05, 0.1) is 0 Å².